The van der Waals surface area contributed by atoms with Crippen LogP contribution in [-0.4, -0.2) is 58.1 Å². The molecule has 0 radical (unpaired) electrons. The lowest BCUT2D eigenvalue weighted by Gasteiger charge is -2.35. The van der Waals surface area contributed by atoms with E-state index in [9.17, 15) is 9.59 Å². The molecule has 4 rings (SSSR count). The van der Waals surface area contributed by atoms with Crippen molar-refractivity contribution in [3.05, 3.63) is 64.2 Å². The Kier molecular flexibility index (Phi) is 5.99. The third kappa shape index (κ3) is 4.46. The molecule has 3 aromatic rings. The molecular weight excluding hydrogens is 400 g/mol. The molecular formula is C21H22N6O2S. The van der Waals surface area contributed by atoms with Gasteiger partial charge in [-0.15, -0.1) is 10.2 Å². The summed E-state index contributed by atoms with van der Waals surface area (Å²) >= 11 is 1.27. The highest BCUT2D eigenvalue weighted by atomic mass is 32.1. The second-order valence-electron chi connectivity index (χ2n) is 6.86. The van der Waals surface area contributed by atoms with Crippen LogP contribution in [0.3, 0.4) is 0 Å². The summed E-state index contributed by atoms with van der Waals surface area (Å²) in [6.45, 7) is 4.67. The summed E-state index contributed by atoms with van der Waals surface area (Å²) in [5.41, 5.74) is 1.11. The van der Waals surface area contributed by atoms with Gasteiger partial charge in [0.15, 0.2) is 0 Å². The third-order valence-corrected chi connectivity index (χ3v) is 5.94. The van der Waals surface area contributed by atoms with E-state index in [2.05, 4.69) is 25.4 Å². The third-order valence-electron chi connectivity index (χ3n) is 4.87. The molecule has 30 heavy (non-hydrogen) atoms. The quantitative estimate of drug-likeness (QED) is 0.680. The fourth-order valence-corrected chi connectivity index (χ4v) is 3.94. The summed E-state index contributed by atoms with van der Waals surface area (Å²) in [5, 5.41) is 11.8. The zero-order valence-corrected chi connectivity index (χ0v) is 17.4. The van der Waals surface area contributed by atoms with Gasteiger partial charge in [-0.3, -0.25) is 9.59 Å². The molecule has 2 aromatic heterocycles. The van der Waals surface area contributed by atoms with E-state index in [0.29, 0.717) is 29.3 Å². The second-order valence-corrected chi connectivity index (χ2v) is 7.92. The van der Waals surface area contributed by atoms with Crippen molar-refractivity contribution < 1.29 is 9.59 Å². The Labute approximate surface area is 178 Å². The number of pyridine rings is 1. The number of nitrogens with zero attached hydrogens (tertiary/aromatic N) is 5. The predicted molar refractivity (Wildman–Crippen MR) is 116 cm³/mol. The minimum atomic E-state index is -0.319. The number of anilines is 2. The minimum absolute atomic E-state index is 0.0454. The second kappa shape index (κ2) is 9.00. The van der Waals surface area contributed by atoms with E-state index in [4.69, 9.17) is 0 Å². The number of hydrogen-bond donors (Lipinski definition) is 1. The summed E-state index contributed by atoms with van der Waals surface area (Å²) in [4.78, 5) is 33.7. The highest BCUT2D eigenvalue weighted by molar-refractivity contribution is 7.13. The van der Waals surface area contributed by atoms with Crippen LogP contribution < -0.4 is 10.2 Å². The van der Waals surface area contributed by atoms with Gasteiger partial charge in [0.2, 0.25) is 5.01 Å². The van der Waals surface area contributed by atoms with E-state index in [1.54, 1.807) is 30.5 Å². The number of benzene rings is 1. The Morgan fingerprint density at radius 2 is 1.90 bits per heavy atom. The molecule has 0 saturated carbocycles. The van der Waals surface area contributed by atoms with Crippen molar-refractivity contribution in [2.75, 3.05) is 36.4 Å². The van der Waals surface area contributed by atoms with Crippen molar-refractivity contribution in [3.8, 4) is 0 Å². The maximum absolute atomic E-state index is 13.0. The fourth-order valence-electron chi connectivity index (χ4n) is 3.26. The number of carbonyl (C=O) groups is 2. The highest BCUT2D eigenvalue weighted by Crippen LogP contribution is 2.18. The number of carbonyl (C=O) groups excluding carboxylic acids is 2. The first-order valence-electron chi connectivity index (χ1n) is 9.83. The van der Waals surface area contributed by atoms with Crippen LogP contribution in [0.2, 0.25) is 0 Å². The molecule has 1 fully saturated rings. The van der Waals surface area contributed by atoms with E-state index in [1.165, 1.54) is 11.3 Å². The Balaban J connectivity index is 1.38. The van der Waals surface area contributed by atoms with Gasteiger partial charge in [-0.1, -0.05) is 30.4 Å². The SMILES string of the molecule is CCc1nnc(C(=O)Nc2cccc(C(=O)N3CCN(c4ccccn4)CC3)c2)s1. The summed E-state index contributed by atoms with van der Waals surface area (Å²) in [7, 11) is 0. The lowest BCUT2D eigenvalue weighted by Crippen LogP contribution is -2.49. The lowest BCUT2D eigenvalue weighted by atomic mass is 10.1. The Morgan fingerprint density at radius 3 is 2.60 bits per heavy atom. The number of aryl methyl sites for hydroxylation is 1. The van der Waals surface area contributed by atoms with Crippen LogP contribution in [0.1, 0.15) is 32.1 Å². The van der Waals surface area contributed by atoms with E-state index >= 15 is 0 Å². The summed E-state index contributed by atoms with van der Waals surface area (Å²) < 4.78 is 0. The van der Waals surface area contributed by atoms with Crippen LogP contribution in [-0.2, 0) is 6.42 Å². The van der Waals surface area contributed by atoms with Crippen molar-refractivity contribution in [1.82, 2.24) is 20.1 Å². The molecule has 0 spiro atoms. The van der Waals surface area contributed by atoms with E-state index in [1.807, 2.05) is 30.0 Å². The number of nitrogens with one attached hydrogen (secondary N) is 1. The van der Waals surface area contributed by atoms with Gasteiger partial charge in [-0.25, -0.2) is 4.98 Å². The number of aromatic nitrogens is 3. The van der Waals surface area contributed by atoms with Crippen molar-refractivity contribution in [3.63, 3.8) is 0 Å². The molecule has 8 nitrogen and oxygen atoms in total. The summed E-state index contributed by atoms with van der Waals surface area (Å²) in [6.07, 6.45) is 2.51. The monoisotopic (exact) mass is 422 g/mol. The molecule has 1 N–H and O–H groups in total. The van der Waals surface area contributed by atoms with Gasteiger partial charge in [0, 0.05) is 43.6 Å². The molecule has 1 aromatic carbocycles. The Morgan fingerprint density at radius 1 is 1.07 bits per heavy atom. The molecule has 1 saturated heterocycles. The van der Waals surface area contributed by atoms with Crippen molar-refractivity contribution in [2.45, 2.75) is 13.3 Å². The number of rotatable bonds is 5. The lowest BCUT2D eigenvalue weighted by molar-refractivity contribution is 0.0746. The van der Waals surface area contributed by atoms with E-state index in [0.717, 1.165) is 30.3 Å². The standard InChI is InChI=1S/C21H22N6O2S/c1-2-18-24-25-20(30-18)19(28)23-16-7-5-6-15(14-16)21(29)27-12-10-26(11-13-27)17-8-3-4-9-22-17/h3-9,14H,2,10-13H2,1H3,(H,23,28). The van der Waals surface area contributed by atoms with Crippen molar-refractivity contribution >= 4 is 34.7 Å². The minimum Gasteiger partial charge on any atom is -0.353 e. The molecule has 9 heteroatoms. The zero-order chi connectivity index (χ0) is 20.9. The Bertz CT molecular complexity index is 1030. The summed E-state index contributed by atoms with van der Waals surface area (Å²) in [6, 6.07) is 12.8. The molecule has 0 atom stereocenters. The Hall–Kier alpha value is -3.33. The number of piperazine rings is 1. The van der Waals surface area contributed by atoms with Gasteiger partial charge in [-0.05, 0) is 36.8 Å². The largest absolute Gasteiger partial charge is 0.353 e. The first kappa shape index (κ1) is 20.0. The van der Waals surface area contributed by atoms with Gasteiger partial charge < -0.3 is 15.1 Å². The van der Waals surface area contributed by atoms with Crippen LogP contribution in [0.25, 0.3) is 0 Å². The molecule has 0 bridgehead atoms. The zero-order valence-electron chi connectivity index (χ0n) is 16.6. The maximum Gasteiger partial charge on any atom is 0.286 e. The van der Waals surface area contributed by atoms with Crippen molar-refractivity contribution in [2.24, 2.45) is 0 Å². The highest BCUT2D eigenvalue weighted by Gasteiger charge is 2.23. The van der Waals surface area contributed by atoms with Crippen LogP contribution >= 0.6 is 11.3 Å². The maximum atomic E-state index is 13.0. The fraction of sp³-hybridized carbons (Fsp3) is 0.286. The molecule has 1 aliphatic heterocycles. The van der Waals surface area contributed by atoms with Crippen LogP contribution in [0.5, 0.6) is 0 Å². The van der Waals surface area contributed by atoms with Gasteiger partial charge in [0.1, 0.15) is 10.8 Å². The smallest absolute Gasteiger partial charge is 0.286 e. The number of hydrogen-bond acceptors (Lipinski definition) is 7. The molecule has 154 valence electrons. The predicted octanol–water partition coefficient (Wildman–Crippen LogP) is 2.71. The van der Waals surface area contributed by atoms with Gasteiger partial charge >= 0.3 is 0 Å². The van der Waals surface area contributed by atoms with E-state index in [-0.39, 0.29) is 11.8 Å². The van der Waals surface area contributed by atoms with Gasteiger partial charge in [0.25, 0.3) is 11.8 Å². The first-order chi connectivity index (χ1) is 14.6. The first-order valence-corrected chi connectivity index (χ1v) is 10.6. The number of amides is 2. The average molecular weight is 423 g/mol. The molecule has 3 heterocycles. The molecule has 2 amide bonds. The average Bonchev–Trinajstić information content (AvgIpc) is 3.29. The molecule has 0 aliphatic carbocycles. The summed E-state index contributed by atoms with van der Waals surface area (Å²) in [5.74, 6) is 0.564. The molecule has 1 aliphatic rings. The van der Waals surface area contributed by atoms with Crippen LogP contribution in [0.15, 0.2) is 48.7 Å². The normalized spacial score (nSPS) is 13.9. The van der Waals surface area contributed by atoms with Gasteiger partial charge in [-0.2, -0.15) is 0 Å². The molecule has 0 unspecified atom stereocenters. The topological polar surface area (TPSA) is 91.3 Å². The van der Waals surface area contributed by atoms with Crippen LogP contribution in [0, 0.1) is 0 Å². The van der Waals surface area contributed by atoms with Crippen molar-refractivity contribution in [1.29, 1.82) is 0 Å². The van der Waals surface area contributed by atoms with Crippen LogP contribution in [0.4, 0.5) is 11.5 Å². The van der Waals surface area contributed by atoms with E-state index < -0.39 is 0 Å². The van der Waals surface area contributed by atoms with Gasteiger partial charge in [0.05, 0.1) is 0 Å².